The number of carbonyl (C=O) groups excluding carboxylic acids is 2. The zero-order valence-corrected chi connectivity index (χ0v) is 14.2. The number of anilines is 1. The van der Waals surface area contributed by atoms with Gasteiger partial charge in [0, 0.05) is 13.6 Å². The number of benzene rings is 1. The van der Waals surface area contributed by atoms with E-state index < -0.39 is 0 Å². The summed E-state index contributed by atoms with van der Waals surface area (Å²) in [7, 11) is 3.63. The summed E-state index contributed by atoms with van der Waals surface area (Å²) in [5.41, 5.74) is 0.591. The predicted molar refractivity (Wildman–Crippen MR) is 89.2 cm³/mol. The number of halogens is 1. The Hall–Kier alpha value is -1.59. The summed E-state index contributed by atoms with van der Waals surface area (Å²) in [6, 6.07) is 7.09. The van der Waals surface area contributed by atoms with Crippen LogP contribution in [-0.4, -0.2) is 50.4 Å². The average Bonchev–Trinajstić information content (AvgIpc) is 2.46. The first kappa shape index (κ1) is 18.5. The Balaban J connectivity index is 2.41. The summed E-state index contributed by atoms with van der Waals surface area (Å²) in [6.45, 7) is 3.37. The Bertz CT molecular complexity index is 508. The zero-order chi connectivity index (χ0) is 16.5. The minimum Gasteiger partial charge on any atom is -0.341 e. The lowest BCUT2D eigenvalue weighted by Crippen LogP contribution is -3.11. The predicted octanol–water partition coefficient (Wildman–Crippen LogP) is 1.05. The maximum atomic E-state index is 12.0. The van der Waals surface area contributed by atoms with E-state index in [1.54, 1.807) is 30.1 Å². The SMILES string of the molecule is CCCCN(C)C(=O)C[NH+](C)CC(=O)Nc1ccccc1Cl. The van der Waals surface area contributed by atoms with Crippen LogP contribution in [-0.2, 0) is 9.59 Å². The van der Waals surface area contributed by atoms with E-state index in [-0.39, 0.29) is 18.4 Å². The number of hydrogen-bond acceptors (Lipinski definition) is 2. The van der Waals surface area contributed by atoms with Crippen molar-refractivity contribution in [2.24, 2.45) is 0 Å². The summed E-state index contributed by atoms with van der Waals surface area (Å²) < 4.78 is 0. The number of carbonyl (C=O) groups is 2. The number of likely N-dealkylation sites (N-methyl/N-ethyl adjacent to an activating group) is 2. The first-order chi connectivity index (χ1) is 10.4. The van der Waals surface area contributed by atoms with Gasteiger partial charge in [0.05, 0.1) is 17.8 Å². The molecular formula is C16H25ClN3O2+. The lowest BCUT2D eigenvalue weighted by atomic mass is 10.3. The van der Waals surface area contributed by atoms with Crippen molar-refractivity contribution in [1.82, 2.24) is 4.90 Å². The second kappa shape index (κ2) is 9.43. The van der Waals surface area contributed by atoms with E-state index in [4.69, 9.17) is 11.6 Å². The second-order valence-corrected chi connectivity index (χ2v) is 5.91. The molecule has 0 radical (unpaired) electrons. The van der Waals surface area contributed by atoms with E-state index in [1.807, 2.05) is 13.1 Å². The molecule has 6 heteroatoms. The van der Waals surface area contributed by atoms with Gasteiger partial charge in [0.1, 0.15) is 0 Å². The first-order valence-corrected chi connectivity index (χ1v) is 7.91. The Morgan fingerprint density at radius 3 is 2.59 bits per heavy atom. The number of unbranched alkanes of at least 4 members (excludes halogenated alkanes) is 1. The highest BCUT2D eigenvalue weighted by Crippen LogP contribution is 2.19. The van der Waals surface area contributed by atoms with Crippen LogP contribution in [0, 0.1) is 0 Å². The number of rotatable bonds is 8. The van der Waals surface area contributed by atoms with Crippen molar-refractivity contribution in [3.8, 4) is 0 Å². The maximum absolute atomic E-state index is 12.0. The molecule has 2 N–H and O–H groups in total. The molecule has 0 aliphatic heterocycles. The molecule has 1 aromatic carbocycles. The van der Waals surface area contributed by atoms with Crippen molar-refractivity contribution in [3.05, 3.63) is 29.3 Å². The third kappa shape index (κ3) is 6.45. The van der Waals surface area contributed by atoms with Gasteiger partial charge in [-0.25, -0.2) is 0 Å². The Labute approximate surface area is 137 Å². The lowest BCUT2D eigenvalue weighted by Gasteiger charge is -2.19. The van der Waals surface area contributed by atoms with Gasteiger partial charge in [-0.3, -0.25) is 9.59 Å². The molecule has 22 heavy (non-hydrogen) atoms. The van der Waals surface area contributed by atoms with Gasteiger partial charge in [-0.05, 0) is 18.6 Å². The molecule has 0 saturated heterocycles. The monoisotopic (exact) mass is 326 g/mol. The van der Waals surface area contributed by atoms with Gasteiger partial charge in [0.2, 0.25) is 0 Å². The average molecular weight is 327 g/mol. The molecule has 1 aromatic rings. The van der Waals surface area contributed by atoms with Crippen LogP contribution in [0.25, 0.3) is 0 Å². The number of quaternary nitrogens is 1. The minimum atomic E-state index is -0.158. The number of hydrogen-bond donors (Lipinski definition) is 2. The topological polar surface area (TPSA) is 53.9 Å². The third-order valence-corrected chi connectivity index (χ3v) is 3.67. The van der Waals surface area contributed by atoms with E-state index in [0.717, 1.165) is 24.3 Å². The molecular weight excluding hydrogens is 302 g/mol. The van der Waals surface area contributed by atoms with Gasteiger partial charge in [0.15, 0.2) is 13.1 Å². The zero-order valence-electron chi connectivity index (χ0n) is 13.5. The van der Waals surface area contributed by atoms with E-state index in [2.05, 4.69) is 12.2 Å². The first-order valence-electron chi connectivity index (χ1n) is 7.53. The van der Waals surface area contributed by atoms with Crippen LogP contribution in [0.1, 0.15) is 19.8 Å². The van der Waals surface area contributed by atoms with Crippen LogP contribution >= 0.6 is 11.6 Å². The van der Waals surface area contributed by atoms with Crippen LogP contribution in [0.5, 0.6) is 0 Å². The summed E-state index contributed by atoms with van der Waals surface area (Å²) in [5.74, 6) is -0.105. The van der Waals surface area contributed by atoms with E-state index in [0.29, 0.717) is 17.3 Å². The molecule has 2 amide bonds. The largest absolute Gasteiger partial charge is 0.341 e. The molecule has 0 spiro atoms. The van der Waals surface area contributed by atoms with Crippen molar-refractivity contribution in [3.63, 3.8) is 0 Å². The second-order valence-electron chi connectivity index (χ2n) is 5.51. The smallest absolute Gasteiger partial charge is 0.279 e. The fourth-order valence-corrected chi connectivity index (χ4v) is 2.19. The van der Waals surface area contributed by atoms with Crippen molar-refractivity contribution in [1.29, 1.82) is 0 Å². The van der Waals surface area contributed by atoms with E-state index in [1.165, 1.54) is 0 Å². The van der Waals surface area contributed by atoms with Gasteiger partial charge >= 0.3 is 0 Å². The van der Waals surface area contributed by atoms with Crippen molar-refractivity contribution < 1.29 is 14.5 Å². The molecule has 0 heterocycles. The molecule has 0 aromatic heterocycles. The molecule has 0 saturated carbocycles. The van der Waals surface area contributed by atoms with Gasteiger partial charge < -0.3 is 15.1 Å². The summed E-state index contributed by atoms with van der Waals surface area (Å²) >= 11 is 6.00. The molecule has 0 bridgehead atoms. The Kier molecular flexibility index (Phi) is 7.91. The lowest BCUT2D eigenvalue weighted by molar-refractivity contribution is -0.862. The highest BCUT2D eigenvalue weighted by atomic mass is 35.5. The van der Waals surface area contributed by atoms with Crippen LogP contribution < -0.4 is 10.2 Å². The van der Waals surface area contributed by atoms with Crippen LogP contribution in [0.2, 0.25) is 5.02 Å². The minimum absolute atomic E-state index is 0.0523. The van der Waals surface area contributed by atoms with Gasteiger partial charge in [-0.1, -0.05) is 37.1 Å². The quantitative estimate of drug-likeness (QED) is 0.750. The number of nitrogens with one attached hydrogen (secondary N) is 2. The third-order valence-electron chi connectivity index (χ3n) is 3.34. The standard InChI is InChI=1S/C16H24ClN3O2/c1-4-5-10-20(3)16(22)12-19(2)11-15(21)18-14-9-7-6-8-13(14)17/h6-9H,4-5,10-12H2,1-3H3,(H,18,21)/p+1. The van der Waals surface area contributed by atoms with Crippen molar-refractivity contribution >= 4 is 29.1 Å². The van der Waals surface area contributed by atoms with Gasteiger partial charge in [0.25, 0.3) is 11.8 Å². The van der Waals surface area contributed by atoms with Crippen LogP contribution in [0.15, 0.2) is 24.3 Å². The molecule has 1 unspecified atom stereocenters. The molecule has 5 nitrogen and oxygen atoms in total. The van der Waals surface area contributed by atoms with Crippen LogP contribution in [0.3, 0.4) is 0 Å². The number of amides is 2. The fraction of sp³-hybridized carbons (Fsp3) is 0.500. The molecule has 1 atom stereocenters. The molecule has 0 aliphatic rings. The maximum Gasteiger partial charge on any atom is 0.279 e. The summed E-state index contributed by atoms with van der Waals surface area (Å²) in [4.78, 5) is 26.6. The van der Waals surface area contributed by atoms with Crippen molar-refractivity contribution in [2.75, 3.05) is 39.0 Å². The molecule has 122 valence electrons. The number of para-hydroxylation sites is 1. The molecule has 0 fully saturated rings. The molecule has 0 aliphatic carbocycles. The van der Waals surface area contributed by atoms with E-state index in [9.17, 15) is 9.59 Å². The van der Waals surface area contributed by atoms with Gasteiger partial charge in [-0.2, -0.15) is 0 Å². The summed E-state index contributed by atoms with van der Waals surface area (Å²) in [5, 5.41) is 3.26. The van der Waals surface area contributed by atoms with Gasteiger partial charge in [-0.15, -0.1) is 0 Å². The fourth-order valence-electron chi connectivity index (χ4n) is 2.01. The van der Waals surface area contributed by atoms with Crippen LogP contribution in [0.4, 0.5) is 5.69 Å². The summed E-state index contributed by atoms with van der Waals surface area (Å²) in [6.07, 6.45) is 2.05. The highest BCUT2D eigenvalue weighted by molar-refractivity contribution is 6.33. The number of nitrogens with zero attached hydrogens (tertiary/aromatic N) is 1. The normalized spacial score (nSPS) is 11.8. The van der Waals surface area contributed by atoms with E-state index >= 15 is 0 Å². The van der Waals surface area contributed by atoms with Crippen molar-refractivity contribution in [2.45, 2.75) is 19.8 Å². The Morgan fingerprint density at radius 1 is 1.27 bits per heavy atom. The highest BCUT2D eigenvalue weighted by Gasteiger charge is 2.17. The Morgan fingerprint density at radius 2 is 1.95 bits per heavy atom. The molecule has 1 rings (SSSR count).